The minimum atomic E-state index is -0.649. The number of fused-ring (bicyclic) bond motifs is 1. The van der Waals surface area contributed by atoms with Crippen molar-refractivity contribution in [2.75, 3.05) is 13.2 Å². The van der Waals surface area contributed by atoms with E-state index in [9.17, 15) is 9.18 Å². The Balaban J connectivity index is 1.56. The molecule has 0 bridgehead atoms. The quantitative estimate of drug-likeness (QED) is 0.875. The molecule has 2 aliphatic rings. The summed E-state index contributed by atoms with van der Waals surface area (Å²) in [6, 6.07) is 12.0. The molecule has 1 amide bonds. The third-order valence-electron chi connectivity index (χ3n) is 5.68. The van der Waals surface area contributed by atoms with Crippen LogP contribution in [0.4, 0.5) is 4.39 Å². The third-order valence-corrected chi connectivity index (χ3v) is 5.68. The molecule has 142 valence electrons. The molecule has 0 radical (unpaired) electrons. The van der Waals surface area contributed by atoms with Crippen LogP contribution < -0.4 is 14.8 Å². The molecule has 1 aliphatic heterocycles. The highest BCUT2D eigenvalue weighted by Crippen LogP contribution is 2.42. The molecule has 1 atom stereocenters. The molecule has 0 spiro atoms. The molecule has 1 unspecified atom stereocenters. The van der Waals surface area contributed by atoms with Gasteiger partial charge in [0, 0.05) is 0 Å². The van der Waals surface area contributed by atoms with Gasteiger partial charge < -0.3 is 14.8 Å². The van der Waals surface area contributed by atoms with E-state index in [1.165, 1.54) is 12.1 Å². The van der Waals surface area contributed by atoms with Crippen LogP contribution in [0.1, 0.15) is 49.8 Å². The molecule has 1 heterocycles. The predicted octanol–water partition coefficient (Wildman–Crippen LogP) is 4.29. The zero-order valence-electron chi connectivity index (χ0n) is 15.5. The van der Waals surface area contributed by atoms with Gasteiger partial charge in [-0.05, 0) is 55.2 Å². The average molecular weight is 369 g/mol. The number of hydrogen-bond acceptors (Lipinski definition) is 3. The Morgan fingerprint density at radius 2 is 1.81 bits per heavy atom. The fourth-order valence-electron chi connectivity index (χ4n) is 4.16. The summed E-state index contributed by atoms with van der Waals surface area (Å²) in [7, 11) is 0. The highest BCUT2D eigenvalue weighted by atomic mass is 19.1. The van der Waals surface area contributed by atoms with E-state index >= 15 is 0 Å². The number of carbonyl (C=O) groups is 1. The first-order valence-electron chi connectivity index (χ1n) is 9.55. The molecule has 1 saturated carbocycles. The van der Waals surface area contributed by atoms with E-state index in [0.717, 1.165) is 42.6 Å². The largest absolute Gasteiger partial charge is 0.486 e. The lowest BCUT2D eigenvalue weighted by Crippen LogP contribution is -2.43. The van der Waals surface area contributed by atoms with Crippen molar-refractivity contribution in [1.82, 2.24) is 5.32 Å². The highest BCUT2D eigenvalue weighted by molar-refractivity contribution is 5.89. The van der Waals surface area contributed by atoms with Gasteiger partial charge in [0.05, 0.1) is 11.5 Å². The van der Waals surface area contributed by atoms with Crippen LogP contribution in [0.15, 0.2) is 42.5 Å². The molecular formula is C22H24FNO3. The van der Waals surface area contributed by atoms with Gasteiger partial charge in [0.15, 0.2) is 11.5 Å². The number of benzene rings is 2. The summed E-state index contributed by atoms with van der Waals surface area (Å²) in [6.45, 7) is 3.03. The topological polar surface area (TPSA) is 47.6 Å². The van der Waals surface area contributed by atoms with Crippen LogP contribution in [-0.2, 0) is 10.2 Å². The van der Waals surface area contributed by atoms with Crippen LogP contribution in [0.5, 0.6) is 11.5 Å². The normalized spacial score (nSPS) is 18.7. The van der Waals surface area contributed by atoms with Crippen LogP contribution in [0, 0.1) is 5.82 Å². The Kier molecular flexibility index (Phi) is 4.77. The number of amides is 1. The Hall–Kier alpha value is -2.56. The number of hydrogen-bond donors (Lipinski definition) is 1. The Morgan fingerprint density at radius 1 is 1.07 bits per heavy atom. The van der Waals surface area contributed by atoms with Gasteiger partial charge in [0.25, 0.3) is 0 Å². The summed E-state index contributed by atoms with van der Waals surface area (Å²) in [6.07, 6.45) is 3.44. The second kappa shape index (κ2) is 7.22. The van der Waals surface area contributed by atoms with E-state index < -0.39 is 5.41 Å². The summed E-state index contributed by atoms with van der Waals surface area (Å²) in [5, 5.41) is 3.15. The van der Waals surface area contributed by atoms with Crippen LogP contribution in [-0.4, -0.2) is 19.1 Å². The fourth-order valence-corrected chi connectivity index (χ4v) is 4.16. The Bertz CT molecular complexity index is 845. The molecular weight excluding hydrogens is 345 g/mol. The van der Waals surface area contributed by atoms with Crippen molar-refractivity contribution in [2.45, 2.75) is 44.1 Å². The van der Waals surface area contributed by atoms with Crippen molar-refractivity contribution in [3.8, 4) is 11.5 Å². The van der Waals surface area contributed by atoms with E-state index in [4.69, 9.17) is 9.47 Å². The molecule has 1 fully saturated rings. The van der Waals surface area contributed by atoms with Gasteiger partial charge in [-0.2, -0.15) is 0 Å². The molecule has 4 rings (SSSR count). The molecule has 1 aliphatic carbocycles. The minimum absolute atomic E-state index is 0.0343. The van der Waals surface area contributed by atoms with Gasteiger partial charge in [-0.3, -0.25) is 4.79 Å². The van der Waals surface area contributed by atoms with Gasteiger partial charge in [-0.25, -0.2) is 4.39 Å². The van der Waals surface area contributed by atoms with E-state index in [1.54, 1.807) is 6.07 Å². The summed E-state index contributed by atoms with van der Waals surface area (Å²) < 4.78 is 25.0. The van der Waals surface area contributed by atoms with Gasteiger partial charge in [-0.1, -0.05) is 31.0 Å². The van der Waals surface area contributed by atoms with E-state index in [0.29, 0.717) is 19.0 Å². The van der Waals surface area contributed by atoms with E-state index in [-0.39, 0.29) is 17.8 Å². The lowest BCUT2D eigenvalue weighted by atomic mass is 9.77. The number of nitrogens with one attached hydrogen (secondary N) is 1. The standard InChI is InChI=1S/C22H24FNO3/c1-15(16-7-8-19-20(13-16)27-12-11-26-19)24-21(25)22(9-2-3-10-22)17-5-4-6-18(23)14-17/h4-8,13-15H,2-3,9-12H2,1H3,(H,24,25). The second-order valence-corrected chi connectivity index (χ2v) is 7.40. The number of ether oxygens (including phenoxy) is 2. The summed E-state index contributed by atoms with van der Waals surface area (Å²) >= 11 is 0. The zero-order valence-corrected chi connectivity index (χ0v) is 15.5. The average Bonchev–Trinajstić information content (AvgIpc) is 3.19. The van der Waals surface area contributed by atoms with Gasteiger partial charge in [0.1, 0.15) is 19.0 Å². The Labute approximate surface area is 158 Å². The lowest BCUT2D eigenvalue weighted by Gasteiger charge is -2.30. The lowest BCUT2D eigenvalue weighted by molar-refractivity contribution is -0.127. The van der Waals surface area contributed by atoms with Crippen molar-refractivity contribution in [3.63, 3.8) is 0 Å². The smallest absolute Gasteiger partial charge is 0.231 e. The van der Waals surface area contributed by atoms with Crippen LogP contribution in [0.3, 0.4) is 0 Å². The molecule has 27 heavy (non-hydrogen) atoms. The zero-order chi connectivity index (χ0) is 18.9. The van der Waals surface area contributed by atoms with Gasteiger partial charge in [-0.15, -0.1) is 0 Å². The van der Waals surface area contributed by atoms with Crippen LogP contribution in [0.25, 0.3) is 0 Å². The van der Waals surface area contributed by atoms with Crippen molar-refractivity contribution < 1.29 is 18.7 Å². The second-order valence-electron chi connectivity index (χ2n) is 7.40. The Morgan fingerprint density at radius 3 is 2.56 bits per heavy atom. The molecule has 4 nitrogen and oxygen atoms in total. The van der Waals surface area contributed by atoms with Gasteiger partial charge in [0.2, 0.25) is 5.91 Å². The van der Waals surface area contributed by atoms with Gasteiger partial charge >= 0.3 is 0 Å². The predicted molar refractivity (Wildman–Crippen MR) is 101 cm³/mol. The van der Waals surface area contributed by atoms with Crippen LogP contribution >= 0.6 is 0 Å². The number of carbonyl (C=O) groups excluding carboxylic acids is 1. The fraction of sp³-hybridized carbons (Fsp3) is 0.409. The first-order valence-corrected chi connectivity index (χ1v) is 9.55. The van der Waals surface area contributed by atoms with E-state index in [1.807, 2.05) is 31.2 Å². The maximum absolute atomic E-state index is 13.8. The van der Waals surface area contributed by atoms with Crippen molar-refractivity contribution >= 4 is 5.91 Å². The molecule has 0 aromatic heterocycles. The van der Waals surface area contributed by atoms with Crippen molar-refractivity contribution in [2.24, 2.45) is 0 Å². The molecule has 2 aromatic carbocycles. The van der Waals surface area contributed by atoms with Crippen LogP contribution in [0.2, 0.25) is 0 Å². The van der Waals surface area contributed by atoms with E-state index in [2.05, 4.69) is 5.32 Å². The first-order chi connectivity index (χ1) is 13.1. The highest BCUT2D eigenvalue weighted by Gasteiger charge is 2.43. The summed E-state index contributed by atoms with van der Waals surface area (Å²) in [4.78, 5) is 13.3. The number of rotatable bonds is 4. The maximum Gasteiger partial charge on any atom is 0.231 e. The monoisotopic (exact) mass is 369 g/mol. The molecule has 5 heteroatoms. The molecule has 0 saturated heterocycles. The van der Waals surface area contributed by atoms with Crippen molar-refractivity contribution in [3.05, 3.63) is 59.4 Å². The minimum Gasteiger partial charge on any atom is -0.486 e. The summed E-state index contributed by atoms with van der Waals surface area (Å²) in [5.74, 6) is 1.11. The number of halogens is 1. The molecule has 2 aromatic rings. The first kappa shape index (κ1) is 17.8. The maximum atomic E-state index is 13.8. The van der Waals surface area contributed by atoms with Crippen molar-refractivity contribution in [1.29, 1.82) is 0 Å². The molecule has 1 N–H and O–H groups in total. The summed E-state index contributed by atoms with van der Waals surface area (Å²) in [5.41, 5.74) is 1.08. The third kappa shape index (κ3) is 3.38. The SMILES string of the molecule is CC(NC(=O)C1(c2cccc(F)c2)CCCC1)c1ccc2c(c1)OCCO2.